The minimum Gasteiger partial charge on any atom is -0.333 e. The highest BCUT2D eigenvalue weighted by molar-refractivity contribution is 5.92. The van der Waals surface area contributed by atoms with Crippen molar-refractivity contribution in [2.24, 2.45) is 5.10 Å². The SMILES string of the molecule is CC1=NNC(=O)N(NC(=O)NCc2ccccc2)C1. The van der Waals surface area contributed by atoms with Gasteiger partial charge in [-0.1, -0.05) is 30.3 Å². The van der Waals surface area contributed by atoms with Crippen LogP contribution < -0.4 is 16.2 Å². The molecule has 1 aromatic carbocycles. The quantitative estimate of drug-likeness (QED) is 0.751. The lowest BCUT2D eigenvalue weighted by Crippen LogP contribution is -2.56. The van der Waals surface area contributed by atoms with Crippen LogP contribution in [0.4, 0.5) is 9.59 Å². The molecule has 7 heteroatoms. The topological polar surface area (TPSA) is 85.8 Å². The van der Waals surface area contributed by atoms with Gasteiger partial charge in [-0.3, -0.25) is 0 Å². The number of amides is 4. The molecule has 0 saturated carbocycles. The third-order valence-corrected chi connectivity index (χ3v) is 2.51. The normalized spacial score (nSPS) is 14.5. The van der Waals surface area contributed by atoms with Crippen LogP contribution in [-0.2, 0) is 6.54 Å². The van der Waals surface area contributed by atoms with Gasteiger partial charge in [0.1, 0.15) is 0 Å². The minimum atomic E-state index is -0.458. The number of hydrazone groups is 1. The van der Waals surface area contributed by atoms with Gasteiger partial charge in [0.05, 0.1) is 12.3 Å². The van der Waals surface area contributed by atoms with Crippen molar-refractivity contribution < 1.29 is 9.59 Å². The molecule has 0 unspecified atom stereocenters. The highest BCUT2D eigenvalue weighted by Gasteiger charge is 2.20. The zero-order chi connectivity index (χ0) is 13.7. The average Bonchev–Trinajstić information content (AvgIpc) is 2.42. The van der Waals surface area contributed by atoms with E-state index in [0.717, 1.165) is 5.56 Å². The first-order valence-electron chi connectivity index (χ1n) is 5.84. The molecule has 19 heavy (non-hydrogen) atoms. The third kappa shape index (κ3) is 3.70. The van der Waals surface area contributed by atoms with Gasteiger partial charge in [-0.2, -0.15) is 5.10 Å². The number of carbonyl (C=O) groups is 2. The molecule has 0 aliphatic carbocycles. The summed E-state index contributed by atoms with van der Waals surface area (Å²) < 4.78 is 0. The standard InChI is InChI=1S/C12H15N5O2/c1-9-8-17(12(19)15-14-9)16-11(18)13-7-10-5-3-2-4-6-10/h2-6H,7-8H2,1H3,(H,15,19)(H2,13,16,18). The van der Waals surface area contributed by atoms with E-state index in [1.54, 1.807) is 6.92 Å². The number of carbonyl (C=O) groups excluding carboxylic acids is 2. The molecule has 0 atom stereocenters. The number of urea groups is 2. The van der Waals surface area contributed by atoms with Crippen LogP contribution in [0.1, 0.15) is 12.5 Å². The van der Waals surface area contributed by atoms with Gasteiger partial charge >= 0.3 is 12.1 Å². The molecule has 0 saturated heterocycles. The molecule has 0 fully saturated rings. The van der Waals surface area contributed by atoms with E-state index in [-0.39, 0.29) is 6.54 Å². The van der Waals surface area contributed by atoms with Gasteiger partial charge in [-0.15, -0.1) is 0 Å². The molecule has 3 N–H and O–H groups in total. The Balaban J connectivity index is 1.81. The monoisotopic (exact) mass is 261 g/mol. The van der Waals surface area contributed by atoms with Crippen molar-refractivity contribution >= 4 is 17.8 Å². The van der Waals surface area contributed by atoms with Gasteiger partial charge in [0.2, 0.25) is 0 Å². The fourth-order valence-electron chi connectivity index (χ4n) is 1.57. The first-order chi connectivity index (χ1) is 9.15. The zero-order valence-corrected chi connectivity index (χ0v) is 10.5. The maximum atomic E-state index is 11.7. The third-order valence-electron chi connectivity index (χ3n) is 2.51. The number of nitrogens with one attached hydrogen (secondary N) is 3. The van der Waals surface area contributed by atoms with Gasteiger partial charge in [0, 0.05) is 6.54 Å². The van der Waals surface area contributed by atoms with Crippen LogP contribution in [0.25, 0.3) is 0 Å². The van der Waals surface area contributed by atoms with Crippen molar-refractivity contribution in [3.8, 4) is 0 Å². The Bertz CT molecular complexity index is 500. The molecule has 0 aromatic heterocycles. The molecule has 100 valence electrons. The van der Waals surface area contributed by atoms with Gasteiger partial charge in [-0.05, 0) is 12.5 Å². The lowest BCUT2D eigenvalue weighted by molar-refractivity contribution is 0.172. The molecule has 7 nitrogen and oxygen atoms in total. The number of hydrogen-bond acceptors (Lipinski definition) is 3. The van der Waals surface area contributed by atoms with Gasteiger partial charge in [0.15, 0.2) is 0 Å². The van der Waals surface area contributed by atoms with Crippen LogP contribution in [0.15, 0.2) is 35.4 Å². The molecular weight excluding hydrogens is 246 g/mol. The van der Waals surface area contributed by atoms with Crippen LogP contribution in [0.3, 0.4) is 0 Å². The van der Waals surface area contributed by atoms with Crippen LogP contribution >= 0.6 is 0 Å². The predicted molar refractivity (Wildman–Crippen MR) is 70.2 cm³/mol. The Hall–Kier alpha value is -2.57. The summed E-state index contributed by atoms with van der Waals surface area (Å²) in [6.45, 7) is 2.43. The van der Waals surface area contributed by atoms with Crippen LogP contribution in [-0.4, -0.2) is 29.3 Å². The zero-order valence-electron chi connectivity index (χ0n) is 10.5. The predicted octanol–water partition coefficient (Wildman–Crippen LogP) is 0.802. The highest BCUT2D eigenvalue weighted by atomic mass is 16.2. The van der Waals surface area contributed by atoms with E-state index in [0.29, 0.717) is 12.3 Å². The fourth-order valence-corrected chi connectivity index (χ4v) is 1.57. The van der Waals surface area contributed by atoms with Crippen molar-refractivity contribution in [3.63, 3.8) is 0 Å². The second-order valence-electron chi connectivity index (χ2n) is 4.13. The van der Waals surface area contributed by atoms with Crippen LogP contribution in [0, 0.1) is 0 Å². The first-order valence-corrected chi connectivity index (χ1v) is 5.84. The number of hydrogen-bond donors (Lipinski definition) is 3. The summed E-state index contributed by atoms with van der Waals surface area (Å²) in [6, 6.07) is 8.62. The van der Waals surface area contributed by atoms with Gasteiger partial charge in [0.25, 0.3) is 0 Å². The van der Waals surface area contributed by atoms with Gasteiger partial charge in [-0.25, -0.2) is 25.4 Å². The second kappa shape index (κ2) is 5.85. The lowest BCUT2D eigenvalue weighted by atomic mass is 10.2. The summed E-state index contributed by atoms with van der Waals surface area (Å²) in [4.78, 5) is 23.1. The number of nitrogens with zero attached hydrogens (tertiary/aromatic N) is 2. The van der Waals surface area contributed by atoms with E-state index < -0.39 is 12.1 Å². The molecule has 0 bridgehead atoms. The summed E-state index contributed by atoms with van der Waals surface area (Å²) >= 11 is 0. The van der Waals surface area contributed by atoms with Crippen molar-refractivity contribution in [3.05, 3.63) is 35.9 Å². The van der Waals surface area contributed by atoms with Crippen molar-refractivity contribution in [1.29, 1.82) is 0 Å². The Morgan fingerprint density at radius 3 is 2.89 bits per heavy atom. The van der Waals surface area contributed by atoms with E-state index >= 15 is 0 Å². The Kier molecular flexibility index (Phi) is 3.97. The molecule has 2 rings (SSSR count). The Labute approximate surface area is 110 Å². The minimum absolute atomic E-state index is 0.268. The van der Waals surface area contributed by atoms with Crippen molar-refractivity contribution in [2.75, 3.05) is 6.54 Å². The smallest absolute Gasteiger partial charge is 0.333 e. The molecule has 1 aliphatic heterocycles. The molecule has 1 aliphatic rings. The number of benzene rings is 1. The Morgan fingerprint density at radius 1 is 1.42 bits per heavy atom. The average molecular weight is 261 g/mol. The van der Waals surface area contributed by atoms with E-state index in [2.05, 4.69) is 21.3 Å². The summed E-state index contributed by atoms with van der Waals surface area (Å²) in [7, 11) is 0. The Morgan fingerprint density at radius 2 is 2.16 bits per heavy atom. The van der Waals surface area contributed by atoms with E-state index in [9.17, 15) is 9.59 Å². The maximum absolute atomic E-state index is 11.7. The summed E-state index contributed by atoms with van der Waals surface area (Å²) in [6.07, 6.45) is 0. The number of rotatable bonds is 3. The van der Waals surface area contributed by atoms with Crippen LogP contribution in [0.5, 0.6) is 0 Å². The van der Waals surface area contributed by atoms with Crippen LogP contribution in [0.2, 0.25) is 0 Å². The van der Waals surface area contributed by atoms with E-state index in [1.807, 2.05) is 30.3 Å². The fraction of sp³-hybridized carbons (Fsp3) is 0.250. The van der Waals surface area contributed by atoms with E-state index in [1.165, 1.54) is 5.01 Å². The van der Waals surface area contributed by atoms with E-state index in [4.69, 9.17) is 0 Å². The first kappa shape index (κ1) is 12.9. The molecule has 0 radical (unpaired) electrons. The maximum Gasteiger partial charge on any atom is 0.356 e. The molecule has 1 aromatic rings. The number of hydrazine groups is 1. The molecule has 1 heterocycles. The summed E-state index contributed by atoms with van der Waals surface area (Å²) in [5.41, 5.74) is 6.45. The molecular formula is C12H15N5O2. The van der Waals surface area contributed by atoms with Gasteiger partial charge < -0.3 is 5.32 Å². The summed E-state index contributed by atoms with van der Waals surface area (Å²) in [5, 5.41) is 7.61. The lowest BCUT2D eigenvalue weighted by Gasteiger charge is -2.25. The summed E-state index contributed by atoms with van der Waals surface area (Å²) in [5.74, 6) is 0. The van der Waals surface area contributed by atoms with Crippen molar-refractivity contribution in [1.82, 2.24) is 21.2 Å². The molecule has 4 amide bonds. The van der Waals surface area contributed by atoms with Crippen molar-refractivity contribution in [2.45, 2.75) is 13.5 Å². The largest absolute Gasteiger partial charge is 0.356 e. The second-order valence-corrected chi connectivity index (χ2v) is 4.13. The highest BCUT2D eigenvalue weighted by Crippen LogP contribution is 1.97. The molecule has 0 spiro atoms.